The molecule has 4 nitrogen and oxygen atoms in total. The van der Waals surface area contributed by atoms with Crippen LogP contribution in [0.25, 0.3) is 17.4 Å². The molecule has 1 amide bonds. The maximum atomic E-state index is 12.3. The molecule has 1 heterocycles. The lowest BCUT2D eigenvalue weighted by Gasteiger charge is -2.03. The van der Waals surface area contributed by atoms with Gasteiger partial charge in [-0.2, -0.15) is 0 Å². The SMILES string of the molecule is CC(=O)Nc1ccc(C(=O)C=Cc2ccc(-c3c(Cl)cccc3Cl)o2)cc1. The van der Waals surface area contributed by atoms with E-state index >= 15 is 0 Å². The second-order valence-electron chi connectivity index (χ2n) is 5.75. The first kappa shape index (κ1) is 19.0. The molecule has 0 atom stereocenters. The van der Waals surface area contributed by atoms with Crippen LogP contribution in [0.1, 0.15) is 23.0 Å². The minimum absolute atomic E-state index is 0.166. The van der Waals surface area contributed by atoms with Crippen molar-refractivity contribution in [2.45, 2.75) is 6.92 Å². The Morgan fingerprint density at radius 1 is 0.963 bits per heavy atom. The highest BCUT2D eigenvalue weighted by molar-refractivity contribution is 6.39. The standard InChI is InChI=1S/C21H15Cl2NO3/c1-13(25)24-15-7-5-14(6-8-15)19(26)11-9-16-10-12-20(27-16)21-17(22)3-2-4-18(21)23/h2-12H,1H3,(H,24,25). The number of nitrogens with one attached hydrogen (secondary N) is 1. The van der Waals surface area contributed by atoms with Crippen LogP contribution in [-0.4, -0.2) is 11.7 Å². The minimum Gasteiger partial charge on any atom is -0.457 e. The number of allylic oxidation sites excluding steroid dienone is 1. The predicted molar refractivity (Wildman–Crippen MR) is 108 cm³/mol. The molecule has 0 aliphatic heterocycles. The Balaban J connectivity index is 1.74. The average molecular weight is 400 g/mol. The molecule has 0 aliphatic carbocycles. The van der Waals surface area contributed by atoms with Crippen molar-refractivity contribution in [1.82, 2.24) is 0 Å². The van der Waals surface area contributed by atoms with Gasteiger partial charge in [0.1, 0.15) is 11.5 Å². The van der Waals surface area contributed by atoms with Crippen LogP contribution < -0.4 is 5.32 Å². The number of benzene rings is 2. The topological polar surface area (TPSA) is 59.3 Å². The van der Waals surface area contributed by atoms with Gasteiger partial charge in [-0.05, 0) is 60.7 Å². The zero-order valence-electron chi connectivity index (χ0n) is 14.3. The van der Waals surface area contributed by atoms with Gasteiger partial charge in [0.25, 0.3) is 0 Å². The van der Waals surface area contributed by atoms with E-state index in [2.05, 4.69) is 5.32 Å². The van der Waals surface area contributed by atoms with Crippen LogP contribution in [0.4, 0.5) is 5.69 Å². The summed E-state index contributed by atoms with van der Waals surface area (Å²) in [6, 6.07) is 15.3. The molecule has 2 aromatic carbocycles. The molecule has 0 spiro atoms. The summed E-state index contributed by atoms with van der Waals surface area (Å²) in [4.78, 5) is 23.3. The molecule has 3 aromatic rings. The second-order valence-corrected chi connectivity index (χ2v) is 6.57. The molecular weight excluding hydrogens is 385 g/mol. The Kier molecular flexibility index (Phi) is 5.79. The van der Waals surface area contributed by atoms with E-state index in [0.717, 1.165) is 0 Å². The number of ketones is 1. The smallest absolute Gasteiger partial charge is 0.221 e. The maximum Gasteiger partial charge on any atom is 0.221 e. The zero-order valence-corrected chi connectivity index (χ0v) is 15.8. The Morgan fingerprint density at radius 3 is 2.26 bits per heavy atom. The zero-order chi connectivity index (χ0) is 19.4. The molecular formula is C21H15Cl2NO3. The lowest BCUT2D eigenvalue weighted by Crippen LogP contribution is -2.05. The molecule has 0 unspecified atom stereocenters. The molecule has 0 saturated carbocycles. The van der Waals surface area contributed by atoms with Gasteiger partial charge in [-0.25, -0.2) is 0 Å². The first-order chi connectivity index (χ1) is 12.9. The summed E-state index contributed by atoms with van der Waals surface area (Å²) < 4.78 is 5.73. The van der Waals surface area contributed by atoms with Crippen LogP contribution in [0.15, 0.2) is 65.1 Å². The van der Waals surface area contributed by atoms with Gasteiger partial charge in [0, 0.05) is 18.2 Å². The average Bonchev–Trinajstić information content (AvgIpc) is 3.08. The van der Waals surface area contributed by atoms with Crippen molar-refractivity contribution in [3.8, 4) is 11.3 Å². The van der Waals surface area contributed by atoms with Crippen LogP contribution >= 0.6 is 23.2 Å². The van der Waals surface area contributed by atoms with E-state index in [1.165, 1.54) is 13.0 Å². The summed E-state index contributed by atoms with van der Waals surface area (Å²) in [5.74, 6) is 0.681. The molecule has 0 fully saturated rings. The van der Waals surface area contributed by atoms with Crippen LogP contribution in [-0.2, 0) is 4.79 Å². The Hall–Kier alpha value is -2.82. The van der Waals surface area contributed by atoms with Gasteiger partial charge in [0.15, 0.2) is 5.78 Å². The summed E-state index contributed by atoms with van der Waals surface area (Å²) in [6.45, 7) is 1.43. The van der Waals surface area contributed by atoms with Gasteiger partial charge in [0.05, 0.1) is 15.6 Å². The molecule has 0 bridgehead atoms. The van der Waals surface area contributed by atoms with Crippen molar-refractivity contribution < 1.29 is 14.0 Å². The largest absolute Gasteiger partial charge is 0.457 e. The van der Waals surface area contributed by atoms with Gasteiger partial charge >= 0.3 is 0 Å². The van der Waals surface area contributed by atoms with Crippen molar-refractivity contribution in [2.24, 2.45) is 0 Å². The number of amides is 1. The van der Waals surface area contributed by atoms with Crippen molar-refractivity contribution >= 4 is 46.7 Å². The van der Waals surface area contributed by atoms with Crippen molar-refractivity contribution in [3.63, 3.8) is 0 Å². The highest BCUT2D eigenvalue weighted by Crippen LogP contribution is 2.35. The molecule has 0 saturated heterocycles. The van der Waals surface area contributed by atoms with Gasteiger partial charge in [0.2, 0.25) is 5.91 Å². The summed E-state index contributed by atoms with van der Waals surface area (Å²) >= 11 is 12.4. The van der Waals surface area contributed by atoms with Gasteiger partial charge in [-0.1, -0.05) is 29.3 Å². The fourth-order valence-corrected chi connectivity index (χ4v) is 3.07. The minimum atomic E-state index is -0.182. The third kappa shape index (κ3) is 4.67. The van der Waals surface area contributed by atoms with Gasteiger partial charge in [-0.15, -0.1) is 0 Å². The number of hydrogen-bond donors (Lipinski definition) is 1. The van der Waals surface area contributed by atoms with E-state index < -0.39 is 0 Å². The fourth-order valence-electron chi connectivity index (χ4n) is 2.49. The number of anilines is 1. The molecule has 1 N–H and O–H groups in total. The Labute approximate surface area is 166 Å². The van der Waals surface area contributed by atoms with Crippen molar-refractivity contribution in [1.29, 1.82) is 0 Å². The Morgan fingerprint density at radius 2 is 1.63 bits per heavy atom. The van der Waals surface area contributed by atoms with Crippen LogP contribution in [0, 0.1) is 0 Å². The highest BCUT2D eigenvalue weighted by atomic mass is 35.5. The lowest BCUT2D eigenvalue weighted by atomic mass is 10.1. The fraction of sp³-hybridized carbons (Fsp3) is 0.0476. The van der Waals surface area contributed by atoms with Gasteiger partial charge < -0.3 is 9.73 Å². The third-order valence-electron chi connectivity index (χ3n) is 3.72. The first-order valence-corrected chi connectivity index (χ1v) is 8.84. The summed E-state index contributed by atoms with van der Waals surface area (Å²) in [5, 5.41) is 3.63. The number of halogens is 2. The van der Waals surface area contributed by atoms with Crippen molar-refractivity contribution in [3.05, 3.63) is 82.0 Å². The summed E-state index contributed by atoms with van der Waals surface area (Å²) in [5.41, 5.74) is 1.75. The van der Waals surface area contributed by atoms with Crippen LogP contribution in [0.2, 0.25) is 10.0 Å². The monoisotopic (exact) mass is 399 g/mol. The Bertz CT molecular complexity index is 1000. The maximum absolute atomic E-state index is 12.3. The van der Waals surface area contributed by atoms with Crippen LogP contribution in [0.5, 0.6) is 0 Å². The summed E-state index contributed by atoms with van der Waals surface area (Å²) in [7, 11) is 0. The molecule has 0 radical (unpaired) electrons. The number of carbonyl (C=O) groups excluding carboxylic acids is 2. The molecule has 27 heavy (non-hydrogen) atoms. The van der Waals surface area contributed by atoms with E-state index in [0.29, 0.717) is 38.4 Å². The number of rotatable bonds is 5. The van der Waals surface area contributed by atoms with Crippen LogP contribution in [0.3, 0.4) is 0 Å². The first-order valence-electron chi connectivity index (χ1n) is 8.08. The molecule has 1 aromatic heterocycles. The quantitative estimate of drug-likeness (QED) is 0.415. The van der Waals surface area contributed by atoms with E-state index in [-0.39, 0.29) is 11.7 Å². The molecule has 6 heteroatoms. The predicted octanol–water partition coefficient (Wildman–Crippen LogP) is 6.11. The van der Waals surface area contributed by atoms with E-state index in [1.807, 2.05) is 0 Å². The van der Waals surface area contributed by atoms with Gasteiger partial charge in [-0.3, -0.25) is 9.59 Å². The third-order valence-corrected chi connectivity index (χ3v) is 4.35. The number of carbonyl (C=O) groups is 2. The molecule has 0 aliphatic rings. The van der Waals surface area contributed by atoms with Crippen molar-refractivity contribution in [2.75, 3.05) is 5.32 Å². The van der Waals surface area contributed by atoms with E-state index in [9.17, 15) is 9.59 Å². The van der Waals surface area contributed by atoms with E-state index in [4.69, 9.17) is 27.6 Å². The second kappa shape index (κ2) is 8.25. The van der Waals surface area contributed by atoms with E-state index in [1.54, 1.807) is 60.7 Å². The molecule has 136 valence electrons. The highest BCUT2D eigenvalue weighted by Gasteiger charge is 2.12. The lowest BCUT2D eigenvalue weighted by molar-refractivity contribution is -0.114. The number of furan rings is 1. The summed E-state index contributed by atoms with van der Waals surface area (Å²) in [6.07, 6.45) is 3.00. The number of hydrogen-bond acceptors (Lipinski definition) is 3. The normalized spacial score (nSPS) is 10.9. The molecule has 3 rings (SSSR count).